The van der Waals surface area contributed by atoms with Crippen LogP contribution in [0.1, 0.15) is 8.35 Å². The SMILES string of the molecule is CC(=O)O[C@@]1(O)O[C@H](CO)[C@@H](O)[C@H](O)[C@H]1O.[H-].[K+]. The molecular weight excluding hydrogens is 263 g/mol. The molecule has 0 saturated carbocycles. The summed E-state index contributed by atoms with van der Waals surface area (Å²) >= 11 is 0. The van der Waals surface area contributed by atoms with Crippen molar-refractivity contribution in [2.45, 2.75) is 37.3 Å². The first-order chi connectivity index (χ1) is 7.31. The minimum absolute atomic E-state index is 0. The predicted octanol–water partition coefficient (Wildman–Crippen LogP) is -6.21. The molecule has 96 valence electrons. The average molecular weight is 278 g/mol. The van der Waals surface area contributed by atoms with E-state index in [9.17, 15) is 25.2 Å². The minimum Gasteiger partial charge on any atom is -1.00 e. The molecule has 0 aromatic rings. The van der Waals surface area contributed by atoms with Crippen LogP contribution in [0, 0.1) is 0 Å². The summed E-state index contributed by atoms with van der Waals surface area (Å²) in [6.45, 7) is 0.230. The fourth-order valence-corrected chi connectivity index (χ4v) is 1.41. The zero-order valence-corrected chi connectivity index (χ0v) is 12.6. The summed E-state index contributed by atoms with van der Waals surface area (Å²) in [5.74, 6) is -3.74. The summed E-state index contributed by atoms with van der Waals surface area (Å²) in [6, 6.07) is 0. The van der Waals surface area contributed by atoms with E-state index in [0.29, 0.717) is 0 Å². The van der Waals surface area contributed by atoms with E-state index in [2.05, 4.69) is 9.47 Å². The van der Waals surface area contributed by atoms with Crippen molar-refractivity contribution in [3.63, 3.8) is 0 Å². The zero-order chi connectivity index (χ0) is 12.5. The van der Waals surface area contributed by atoms with Crippen LogP contribution >= 0.6 is 0 Å². The van der Waals surface area contributed by atoms with Crippen LogP contribution in [0.2, 0.25) is 0 Å². The maximum absolute atomic E-state index is 10.7. The molecule has 0 aromatic heterocycles. The number of hydrogen-bond acceptors (Lipinski definition) is 8. The number of rotatable bonds is 2. The molecule has 0 radical (unpaired) electrons. The summed E-state index contributed by atoms with van der Waals surface area (Å²) in [5, 5.41) is 46.5. The van der Waals surface area contributed by atoms with E-state index in [-0.39, 0.29) is 52.8 Å². The molecule has 5 atom stereocenters. The van der Waals surface area contributed by atoms with Gasteiger partial charge < -0.3 is 36.4 Å². The fourth-order valence-electron chi connectivity index (χ4n) is 1.41. The second-order valence-corrected chi connectivity index (χ2v) is 3.49. The van der Waals surface area contributed by atoms with E-state index in [4.69, 9.17) is 5.11 Å². The van der Waals surface area contributed by atoms with Crippen LogP contribution in [0.4, 0.5) is 0 Å². The first kappa shape index (κ1) is 17.9. The topological polar surface area (TPSA) is 137 Å². The van der Waals surface area contributed by atoms with Crippen molar-refractivity contribution in [2.75, 3.05) is 6.61 Å². The third-order valence-corrected chi connectivity index (χ3v) is 2.22. The van der Waals surface area contributed by atoms with Crippen LogP contribution in [0.3, 0.4) is 0 Å². The summed E-state index contributed by atoms with van der Waals surface area (Å²) in [7, 11) is 0. The van der Waals surface area contributed by atoms with Crippen molar-refractivity contribution in [3.8, 4) is 0 Å². The molecular formula is C8H15KO8. The summed E-state index contributed by atoms with van der Waals surface area (Å²) < 4.78 is 8.94. The van der Waals surface area contributed by atoms with Gasteiger partial charge in [0.05, 0.1) is 6.61 Å². The third-order valence-electron chi connectivity index (χ3n) is 2.22. The monoisotopic (exact) mass is 278 g/mol. The van der Waals surface area contributed by atoms with E-state index >= 15 is 0 Å². The molecule has 0 unspecified atom stereocenters. The summed E-state index contributed by atoms with van der Waals surface area (Å²) in [5.41, 5.74) is 0. The van der Waals surface area contributed by atoms with Crippen molar-refractivity contribution >= 4 is 5.97 Å². The summed E-state index contributed by atoms with van der Waals surface area (Å²) in [4.78, 5) is 10.7. The van der Waals surface area contributed by atoms with Crippen molar-refractivity contribution < 1.29 is 92.6 Å². The second kappa shape index (κ2) is 6.87. The van der Waals surface area contributed by atoms with Gasteiger partial charge in [-0.1, -0.05) is 0 Å². The maximum Gasteiger partial charge on any atom is 1.00 e. The molecule has 1 fully saturated rings. The molecule has 1 rings (SSSR count). The maximum atomic E-state index is 10.7. The van der Waals surface area contributed by atoms with Gasteiger partial charge in [0.25, 0.3) is 0 Å². The second-order valence-electron chi connectivity index (χ2n) is 3.49. The molecule has 0 aliphatic carbocycles. The van der Waals surface area contributed by atoms with Gasteiger partial charge in [0.1, 0.15) is 18.3 Å². The number of carbonyl (C=O) groups excluding carboxylic acids is 1. The first-order valence-electron chi connectivity index (χ1n) is 4.56. The molecule has 17 heavy (non-hydrogen) atoms. The smallest absolute Gasteiger partial charge is 1.00 e. The Morgan fingerprint density at radius 1 is 1.41 bits per heavy atom. The zero-order valence-electron chi connectivity index (χ0n) is 10.5. The number of aliphatic hydroxyl groups is 5. The van der Waals surface area contributed by atoms with E-state index in [1.54, 1.807) is 0 Å². The Bertz CT molecular complexity index is 278. The van der Waals surface area contributed by atoms with Crippen molar-refractivity contribution in [3.05, 3.63) is 0 Å². The fraction of sp³-hybridized carbons (Fsp3) is 0.875. The van der Waals surface area contributed by atoms with Crippen LogP contribution < -0.4 is 51.4 Å². The predicted molar refractivity (Wildman–Crippen MR) is 47.8 cm³/mol. The Balaban J connectivity index is 0. The molecule has 1 aliphatic rings. The first-order valence-corrected chi connectivity index (χ1v) is 4.56. The number of aliphatic hydroxyl groups excluding tert-OH is 4. The van der Waals surface area contributed by atoms with Gasteiger partial charge in [-0.15, -0.1) is 0 Å². The number of ether oxygens (including phenoxy) is 2. The number of carbonyl (C=O) groups is 1. The largest absolute Gasteiger partial charge is 1.00 e. The third kappa shape index (κ3) is 3.91. The van der Waals surface area contributed by atoms with Gasteiger partial charge in [-0.2, -0.15) is 0 Å². The average Bonchev–Trinajstić information content (AvgIpc) is 2.20. The Labute approximate surface area is 141 Å². The van der Waals surface area contributed by atoms with Crippen LogP contribution in [0.25, 0.3) is 0 Å². The van der Waals surface area contributed by atoms with Crippen LogP contribution in [0.15, 0.2) is 0 Å². The Kier molecular flexibility index (Phi) is 7.22. The van der Waals surface area contributed by atoms with Gasteiger partial charge in [0.2, 0.25) is 0 Å². The standard InChI is InChI=1S/C8H14O8.K.H/c1-3(10)15-8(14)7(13)6(12)5(11)4(2-9)16-8;;/h4-7,9,11-14H,2H2,1H3;;/q;+1;-1/t4-,5-,6+,7-,8-;;/m1../s1. The van der Waals surface area contributed by atoms with Gasteiger partial charge in [-0.05, 0) is 0 Å². The molecule has 8 nitrogen and oxygen atoms in total. The van der Waals surface area contributed by atoms with E-state index in [0.717, 1.165) is 6.92 Å². The Morgan fingerprint density at radius 2 is 1.94 bits per heavy atom. The van der Waals surface area contributed by atoms with E-state index in [1.807, 2.05) is 0 Å². The molecule has 0 amide bonds. The molecule has 0 aromatic carbocycles. The van der Waals surface area contributed by atoms with Crippen LogP contribution in [-0.4, -0.2) is 68.5 Å². The van der Waals surface area contributed by atoms with Crippen molar-refractivity contribution in [1.82, 2.24) is 0 Å². The molecule has 5 N–H and O–H groups in total. The molecule has 9 heteroatoms. The molecule has 1 aliphatic heterocycles. The molecule has 0 spiro atoms. The van der Waals surface area contributed by atoms with E-state index < -0.39 is 43.0 Å². The molecule has 0 bridgehead atoms. The molecule has 1 heterocycles. The Morgan fingerprint density at radius 3 is 2.35 bits per heavy atom. The van der Waals surface area contributed by atoms with Gasteiger partial charge in [0, 0.05) is 6.92 Å². The Hall–Kier alpha value is 0.866. The van der Waals surface area contributed by atoms with Crippen LogP contribution in [0.5, 0.6) is 0 Å². The van der Waals surface area contributed by atoms with Gasteiger partial charge in [-0.3, -0.25) is 4.79 Å². The number of hydrogen-bond donors (Lipinski definition) is 5. The quantitative estimate of drug-likeness (QED) is 0.191. The van der Waals surface area contributed by atoms with Crippen LogP contribution in [-0.2, 0) is 14.3 Å². The van der Waals surface area contributed by atoms with Gasteiger partial charge in [0.15, 0.2) is 6.10 Å². The van der Waals surface area contributed by atoms with Crippen molar-refractivity contribution in [2.24, 2.45) is 0 Å². The normalized spacial score (nSPS) is 41.5. The van der Waals surface area contributed by atoms with Gasteiger partial charge in [-0.25, -0.2) is 0 Å². The summed E-state index contributed by atoms with van der Waals surface area (Å²) in [6.07, 6.45) is -6.82. The van der Waals surface area contributed by atoms with Gasteiger partial charge >= 0.3 is 63.3 Å². The van der Waals surface area contributed by atoms with E-state index in [1.165, 1.54) is 0 Å². The minimum atomic E-state index is -2.78. The number of esters is 1. The molecule has 1 saturated heterocycles. The van der Waals surface area contributed by atoms with Crippen molar-refractivity contribution in [1.29, 1.82) is 0 Å².